The van der Waals surface area contributed by atoms with Gasteiger partial charge in [0.05, 0.1) is 17.6 Å². The fourth-order valence-electron chi connectivity index (χ4n) is 2.24. The van der Waals surface area contributed by atoms with E-state index in [1.54, 1.807) is 29.6 Å². The Morgan fingerprint density at radius 3 is 2.57 bits per heavy atom. The number of hydrogen-bond acceptors (Lipinski definition) is 5. The molecule has 0 aliphatic heterocycles. The van der Waals surface area contributed by atoms with E-state index < -0.39 is 12.0 Å². The number of anilines is 1. The largest absolute Gasteiger partial charge is 0.467 e. The molecule has 1 aromatic heterocycles. The van der Waals surface area contributed by atoms with Crippen LogP contribution in [0.15, 0.2) is 41.8 Å². The fourth-order valence-corrected chi connectivity index (χ4v) is 3.01. The maximum atomic E-state index is 12.9. The van der Waals surface area contributed by atoms with Crippen molar-refractivity contribution < 1.29 is 14.3 Å². The van der Waals surface area contributed by atoms with Crippen LogP contribution in [0.5, 0.6) is 0 Å². The van der Waals surface area contributed by atoms with E-state index in [2.05, 4.69) is 0 Å². The molecule has 118 valence electrons. The number of para-hydroxylation sites is 1. The highest BCUT2D eigenvalue weighted by Crippen LogP contribution is 2.25. The SMILES string of the molecule is CC[C@H](C(=O)OC)N(C(=O)c1cc(C#N)cs1)c1ccccc1. The van der Waals surface area contributed by atoms with Gasteiger partial charge in [0.2, 0.25) is 0 Å². The molecular formula is C17H16N2O3S. The molecule has 0 bridgehead atoms. The number of benzene rings is 1. The first-order valence-corrected chi connectivity index (χ1v) is 7.95. The Bertz CT molecular complexity index is 734. The van der Waals surface area contributed by atoms with Crippen LogP contribution in [0.1, 0.15) is 28.6 Å². The highest BCUT2D eigenvalue weighted by atomic mass is 32.1. The molecule has 0 fully saturated rings. The minimum absolute atomic E-state index is 0.319. The van der Waals surface area contributed by atoms with Crippen molar-refractivity contribution in [3.63, 3.8) is 0 Å². The van der Waals surface area contributed by atoms with Crippen molar-refractivity contribution in [1.29, 1.82) is 5.26 Å². The number of nitriles is 1. The van der Waals surface area contributed by atoms with Crippen LogP contribution in [0, 0.1) is 11.3 Å². The Morgan fingerprint density at radius 1 is 1.35 bits per heavy atom. The Balaban J connectivity index is 2.46. The number of esters is 1. The number of nitrogens with zero attached hydrogens (tertiary/aromatic N) is 2. The van der Waals surface area contributed by atoms with E-state index in [1.165, 1.54) is 29.4 Å². The molecule has 2 aromatic rings. The topological polar surface area (TPSA) is 70.4 Å². The summed E-state index contributed by atoms with van der Waals surface area (Å²) < 4.78 is 4.84. The van der Waals surface area contributed by atoms with Gasteiger partial charge in [-0.15, -0.1) is 11.3 Å². The summed E-state index contributed by atoms with van der Waals surface area (Å²) in [6, 6.07) is 11.8. The van der Waals surface area contributed by atoms with E-state index >= 15 is 0 Å². The van der Waals surface area contributed by atoms with Gasteiger partial charge < -0.3 is 4.74 Å². The van der Waals surface area contributed by atoms with E-state index in [4.69, 9.17) is 10.00 Å². The van der Waals surface area contributed by atoms with Gasteiger partial charge >= 0.3 is 5.97 Å². The van der Waals surface area contributed by atoms with Crippen LogP contribution in [0.3, 0.4) is 0 Å². The molecule has 0 aliphatic carbocycles. The standard InChI is InChI=1S/C17H16N2O3S/c1-3-14(17(21)22-2)19(13-7-5-4-6-8-13)16(20)15-9-12(10-18)11-23-15/h4-9,11,14H,3H2,1-2H3/t14-/m1/s1. The molecular weight excluding hydrogens is 312 g/mol. The van der Waals surface area contributed by atoms with Crippen LogP contribution >= 0.6 is 11.3 Å². The molecule has 0 aliphatic rings. The highest BCUT2D eigenvalue weighted by molar-refractivity contribution is 7.12. The average Bonchev–Trinajstić information content (AvgIpc) is 3.08. The summed E-state index contributed by atoms with van der Waals surface area (Å²) in [4.78, 5) is 26.8. The number of carbonyl (C=O) groups excluding carboxylic acids is 2. The zero-order chi connectivity index (χ0) is 16.8. The minimum Gasteiger partial charge on any atom is -0.467 e. The van der Waals surface area contributed by atoms with Crippen LogP contribution in [0.2, 0.25) is 0 Å². The maximum Gasteiger partial charge on any atom is 0.328 e. The average molecular weight is 328 g/mol. The Labute approximate surface area is 138 Å². The summed E-state index contributed by atoms with van der Waals surface area (Å²) in [7, 11) is 1.30. The van der Waals surface area contributed by atoms with E-state index in [1.807, 2.05) is 19.1 Å². The van der Waals surface area contributed by atoms with Gasteiger partial charge in [-0.1, -0.05) is 25.1 Å². The molecule has 0 spiro atoms. The molecule has 1 amide bonds. The van der Waals surface area contributed by atoms with Crippen molar-refractivity contribution in [3.05, 3.63) is 52.2 Å². The zero-order valence-electron chi connectivity index (χ0n) is 12.9. The lowest BCUT2D eigenvalue weighted by Crippen LogP contribution is -2.45. The highest BCUT2D eigenvalue weighted by Gasteiger charge is 2.31. The molecule has 1 atom stereocenters. The second-order valence-electron chi connectivity index (χ2n) is 4.77. The van der Waals surface area contributed by atoms with Crippen molar-refractivity contribution in [1.82, 2.24) is 0 Å². The van der Waals surface area contributed by atoms with Crippen LogP contribution in [0.25, 0.3) is 0 Å². The lowest BCUT2D eigenvalue weighted by Gasteiger charge is -2.29. The van der Waals surface area contributed by atoms with Crippen LogP contribution in [0.4, 0.5) is 5.69 Å². The minimum atomic E-state index is -0.720. The molecule has 23 heavy (non-hydrogen) atoms. The van der Waals surface area contributed by atoms with Crippen molar-refractivity contribution in [2.45, 2.75) is 19.4 Å². The van der Waals surface area contributed by atoms with Crippen molar-refractivity contribution in [2.75, 3.05) is 12.0 Å². The van der Waals surface area contributed by atoms with Crippen LogP contribution in [-0.2, 0) is 9.53 Å². The quantitative estimate of drug-likeness (QED) is 0.790. The van der Waals surface area contributed by atoms with Gasteiger partial charge in [0.15, 0.2) is 0 Å². The first-order valence-electron chi connectivity index (χ1n) is 7.07. The number of rotatable bonds is 5. The monoisotopic (exact) mass is 328 g/mol. The molecule has 1 heterocycles. The normalized spacial score (nSPS) is 11.3. The number of carbonyl (C=O) groups is 2. The number of methoxy groups -OCH3 is 1. The fraction of sp³-hybridized carbons (Fsp3) is 0.235. The summed E-state index contributed by atoms with van der Waals surface area (Å²) in [5.41, 5.74) is 1.04. The third kappa shape index (κ3) is 3.58. The van der Waals surface area contributed by atoms with E-state index in [-0.39, 0.29) is 5.91 Å². The molecule has 0 N–H and O–H groups in total. The summed E-state index contributed by atoms with van der Waals surface area (Å²) in [6.45, 7) is 1.82. The molecule has 0 unspecified atom stereocenters. The summed E-state index contributed by atoms with van der Waals surface area (Å²) >= 11 is 1.19. The zero-order valence-corrected chi connectivity index (χ0v) is 13.7. The summed E-state index contributed by atoms with van der Waals surface area (Å²) in [6.07, 6.45) is 0.420. The molecule has 2 rings (SSSR count). The molecule has 1 aromatic carbocycles. The molecule has 0 radical (unpaired) electrons. The number of amides is 1. The van der Waals surface area contributed by atoms with E-state index in [9.17, 15) is 9.59 Å². The lowest BCUT2D eigenvalue weighted by atomic mass is 10.1. The predicted octanol–water partition coefficient (Wildman–Crippen LogP) is 3.22. The smallest absolute Gasteiger partial charge is 0.328 e. The third-order valence-corrected chi connectivity index (χ3v) is 4.28. The molecule has 0 saturated heterocycles. The van der Waals surface area contributed by atoms with Gasteiger partial charge in [-0.25, -0.2) is 4.79 Å². The van der Waals surface area contributed by atoms with Gasteiger partial charge in [-0.05, 0) is 24.6 Å². The van der Waals surface area contributed by atoms with Gasteiger partial charge in [0.25, 0.3) is 5.91 Å². The third-order valence-electron chi connectivity index (χ3n) is 3.36. The first-order chi connectivity index (χ1) is 11.1. The summed E-state index contributed by atoms with van der Waals surface area (Å²) in [5, 5.41) is 10.5. The lowest BCUT2D eigenvalue weighted by molar-refractivity contribution is -0.142. The van der Waals surface area contributed by atoms with Gasteiger partial charge in [-0.3, -0.25) is 9.69 Å². The maximum absolute atomic E-state index is 12.9. The second-order valence-corrected chi connectivity index (χ2v) is 5.68. The Morgan fingerprint density at radius 2 is 2.04 bits per heavy atom. The van der Waals surface area contributed by atoms with Gasteiger partial charge in [0.1, 0.15) is 12.1 Å². The van der Waals surface area contributed by atoms with Crippen molar-refractivity contribution >= 4 is 28.9 Å². The predicted molar refractivity (Wildman–Crippen MR) is 88.4 cm³/mol. The molecule has 0 saturated carbocycles. The molecule has 5 nitrogen and oxygen atoms in total. The van der Waals surface area contributed by atoms with Gasteiger partial charge in [0, 0.05) is 11.1 Å². The molecule has 6 heteroatoms. The van der Waals surface area contributed by atoms with E-state index in [0.29, 0.717) is 22.5 Å². The summed E-state index contributed by atoms with van der Waals surface area (Å²) in [5.74, 6) is -0.790. The number of hydrogen-bond donors (Lipinski definition) is 0. The second kappa shape index (κ2) is 7.56. The van der Waals surface area contributed by atoms with E-state index in [0.717, 1.165) is 0 Å². The van der Waals surface area contributed by atoms with Crippen molar-refractivity contribution in [2.24, 2.45) is 0 Å². The van der Waals surface area contributed by atoms with Crippen LogP contribution in [-0.4, -0.2) is 25.0 Å². The van der Waals surface area contributed by atoms with Crippen LogP contribution < -0.4 is 4.90 Å². The first kappa shape index (κ1) is 16.7. The Hall–Kier alpha value is -2.65. The Kier molecular flexibility index (Phi) is 5.50. The number of thiophene rings is 1. The number of ether oxygens (including phenoxy) is 1. The van der Waals surface area contributed by atoms with Gasteiger partial charge in [-0.2, -0.15) is 5.26 Å². The van der Waals surface area contributed by atoms with Crippen molar-refractivity contribution in [3.8, 4) is 6.07 Å².